The Kier molecular flexibility index (Phi) is 3.68. The van der Waals surface area contributed by atoms with E-state index in [0.717, 1.165) is 0 Å². The summed E-state index contributed by atoms with van der Waals surface area (Å²) in [6.45, 7) is 0. The highest BCUT2D eigenvalue weighted by Gasteiger charge is 2.09. The molecule has 22 heavy (non-hydrogen) atoms. The zero-order valence-corrected chi connectivity index (χ0v) is 12.5. The summed E-state index contributed by atoms with van der Waals surface area (Å²) in [5.41, 5.74) is 1.30. The Balaban J connectivity index is 1.76. The second kappa shape index (κ2) is 5.64. The molecule has 0 unspecified atom stereocenters. The number of H-pyrrole nitrogens is 1. The van der Waals surface area contributed by atoms with Crippen LogP contribution in [-0.4, -0.2) is 11.0 Å². The average Bonchev–Trinajstić information content (AvgIpc) is 2.81. The minimum atomic E-state index is -0.613. The van der Waals surface area contributed by atoms with Crippen LogP contribution >= 0.6 is 15.9 Å². The van der Waals surface area contributed by atoms with Crippen LogP contribution < -0.4 is 16.4 Å². The summed E-state index contributed by atoms with van der Waals surface area (Å²) in [6.07, 6.45) is 0. The van der Waals surface area contributed by atoms with Gasteiger partial charge in [0.15, 0.2) is 5.58 Å². The van der Waals surface area contributed by atoms with Crippen molar-refractivity contribution in [1.29, 1.82) is 0 Å². The smallest absolute Gasteiger partial charge is 0.408 e. The predicted molar refractivity (Wildman–Crippen MR) is 83.6 cm³/mol. The van der Waals surface area contributed by atoms with Crippen LogP contribution in [0.4, 0.5) is 20.6 Å². The van der Waals surface area contributed by atoms with E-state index in [-0.39, 0.29) is 5.69 Å². The Morgan fingerprint density at radius 2 is 2.00 bits per heavy atom. The molecule has 3 aromatic rings. The first kappa shape index (κ1) is 14.3. The molecule has 0 saturated heterocycles. The maximum absolute atomic E-state index is 13.6. The van der Waals surface area contributed by atoms with Gasteiger partial charge in [0.05, 0.1) is 11.2 Å². The maximum atomic E-state index is 13.6. The zero-order chi connectivity index (χ0) is 15.7. The highest BCUT2D eigenvalue weighted by atomic mass is 79.9. The van der Waals surface area contributed by atoms with Gasteiger partial charge in [-0.1, -0.05) is 15.9 Å². The van der Waals surface area contributed by atoms with Crippen LogP contribution in [0.5, 0.6) is 0 Å². The van der Waals surface area contributed by atoms with E-state index in [1.165, 1.54) is 18.2 Å². The lowest BCUT2D eigenvalue weighted by Crippen LogP contribution is -2.20. The SMILES string of the molecule is O=C(Nc1ccc2[nH]c(=O)oc2c1)Nc1ccc(Br)cc1F. The molecule has 1 aromatic heterocycles. The van der Waals surface area contributed by atoms with Crippen molar-refractivity contribution in [3.8, 4) is 0 Å². The predicted octanol–water partition coefficient (Wildman–Crippen LogP) is 3.67. The van der Waals surface area contributed by atoms with E-state index < -0.39 is 17.6 Å². The van der Waals surface area contributed by atoms with E-state index in [2.05, 4.69) is 31.5 Å². The van der Waals surface area contributed by atoms with Crippen LogP contribution in [0.2, 0.25) is 0 Å². The number of rotatable bonds is 2. The quantitative estimate of drug-likeness (QED) is 0.647. The minimum Gasteiger partial charge on any atom is -0.408 e. The van der Waals surface area contributed by atoms with Gasteiger partial charge in [0.25, 0.3) is 0 Å². The van der Waals surface area contributed by atoms with Gasteiger partial charge in [-0.15, -0.1) is 0 Å². The monoisotopic (exact) mass is 365 g/mol. The van der Waals surface area contributed by atoms with Crippen molar-refractivity contribution < 1.29 is 13.6 Å². The summed E-state index contributed by atoms with van der Waals surface area (Å²) in [6, 6.07) is 8.35. The van der Waals surface area contributed by atoms with E-state index in [0.29, 0.717) is 21.3 Å². The van der Waals surface area contributed by atoms with Crippen LogP contribution in [-0.2, 0) is 0 Å². The second-order valence-electron chi connectivity index (χ2n) is 4.43. The average molecular weight is 366 g/mol. The standard InChI is InChI=1S/C14H9BrFN3O3/c15-7-1-3-10(9(16)5-7)18-13(20)17-8-2-4-11-12(6-8)22-14(21)19-11/h1-6H,(H,19,21)(H2,17,18,20). The minimum absolute atomic E-state index is 0.0509. The summed E-state index contributed by atoms with van der Waals surface area (Å²) >= 11 is 3.13. The van der Waals surface area contributed by atoms with Crippen molar-refractivity contribution in [2.45, 2.75) is 0 Å². The first-order chi connectivity index (χ1) is 10.5. The molecule has 6 nitrogen and oxygen atoms in total. The van der Waals surface area contributed by atoms with Crippen LogP contribution in [0.3, 0.4) is 0 Å². The van der Waals surface area contributed by atoms with E-state index in [9.17, 15) is 14.0 Å². The van der Waals surface area contributed by atoms with Gasteiger partial charge in [-0.3, -0.25) is 4.98 Å². The molecule has 0 bridgehead atoms. The van der Waals surface area contributed by atoms with Crippen LogP contribution in [0.1, 0.15) is 0 Å². The molecule has 1 heterocycles. The van der Waals surface area contributed by atoms with Crippen molar-refractivity contribution in [3.63, 3.8) is 0 Å². The number of urea groups is 1. The van der Waals surface area contributed by atoms with Crippen molar-refractivity contribution in [2.75, 3.05) is 10.6 Å². The highest BCUT2D eigenvalue weighted by molar-refractivity contribution is 9.10. The molecule has 2 aromatic carbocycles. The molecule has 0 spiro atoms. The number of carbonyl (C=O) groups is 1. The number of hydrogen-bond acceptors (Lipinski definition) is 3. The number of oxazole rings is 1. The fourth-order valence-electron chi connectivity index (χ4n) is 1.90. The molecular weight excluding hydrogens is 357 g/mol. The number of halogens is 2. The van der Waals surface area contributed by atoms with Crippen LogP contribution in [0.15, 0.2) is 50.1 Å². The molecule has 0 aliphatic carbocycles. The summed E-state index contributed by atoms with van der Waals surface area (Å²) in [4.78, 5) is 25.4. The molecule has 2 amide bonds. The summed E-state index contributed by atoms with van der Waals surface area (Å²) in [5, 5.41) is 4.92. The maximum Gasteiger partial charge on any atom is 0.417 e. The molecule has 3 rings (SSSR count). The normalized spacial score (nSPS) is 10.6. The lowest BCUT2D eigenvalue weighted by atomic mass is 10.3. The number of aromatic nitrogens is 1. The number of aromatic amines is 1. The third-order valence-electron chi connectivity index (χ3n) is 2.86. The van der Waals surface area contributed by atoms with Crippen LogP contribution in [0, 0.1) is 5.82 Å². The van der Waals surface area contributed by atoms with Gasteiger partial charge in [0.1, 0.15) is 5.82 Å². The lowest BCUT2D eigenvalue weighted by molar-refractivity contribution is 0.262. The number of nitrogens with one attached hydrogen (secondary N) is 3. The number of benzene rings is 2. The fraction of sp³-hybridized carbons (Fsp3) is 0. The molecule has 0 saturated carbocycles. The highest BCUT2D eigenvalue weighted by Crippen LogP contribution is 2.20. The van der Waals surface area contributed by atoms with Crippen molar-refractivity contribution in [1.82, 2.24) is 4.98 Å². The third-order valence-corrected chi connectivity index (χ3v) is 3.35. The van der Waals surface area contributed by atoms with E-state index in [1.807, 2.05) is 0 Å². The molecule has 0 atom stereocenters. The van der Waals surface area contributed by atoms with Crippen LogP contribution in [0.25, 0.3) is 11.1 Å². The van der Waals surface area contributed by atoms with Gasteiger partial charge in [-0.25, -0.2) is 14.0 Å². The molecule has 0 aliphatic rings. The Morgan fingerprint density at radius 1 is 1.18 bits per heavy atom. The molecule has 0 aliphatic heterocycles. The molecule has 8 heteroatoms. The Bertz CT molecular complexity index is 919. The first-order valence-electron chi connectivity index (χ1n) is 6.17. The molecular formula is C14H9BrFN3O3. The molecule has 112 valence electrons. The Labute approximate surface area is 131 Å². The van der Waals surface area contributed by atoms with E-state index >= 15 is 0 Å². The molecule has 3 N–H and O–H groups in total. The number of hydrogen-bond donors (Lipinski definition) is 3. The number of amides is 2. The third kappa shape index (κ3) is 3.01. The Morgan fingerprint density at radius 3 is 2.77 bits per heavy atom. The van der Waals surface area contributed by atoms with Gasteiger partial charge in [-0.05, 0) is 30.3 Å². The summed E-state index contributed by atoms with van der Waals surface area (Å²) in [5.74, 6) is -1.13. The van der Waals surface area contributed by atoms with Crippen molar-refractivity contribution in [2.24, 2.45) is 0 Å². The van der Waals surface area contributed by atoms with Gasteiger partial charge in [0.2, 0.25) is 0 Å². The molecule has 0 fully saturated rings. The first-order valence-corrected chi connectivity index (χ1v) is 6.96. The van der Waals surface area contributed by atoms with Gasteiger partial charge >= 0.3 is 11.8 Å². The number of fused-ring (bicyclic) bond motifs is 1. The Hall–Kier alpha value is -2.61. The zero-order valence-electron chi connectivity index (χ0n) is 10.9. The number of anilines is 2. The lowest BCUT2D eigenvalue weighted by Gasteiger charge is -2.08. The topological polar surface area (TPSA) is 87.1 Å². The summed E-state index contributed by atoms with van der Waals surface area (Å²) < 4.78 is 19.1. The second-order valence-corrected chi connectivity index (χ2v) is 5.34. The van der Waals surface area contributed by atoms with Crippen molar-refractivity contribution in [3.05, 3.63) is 57.2 Å². The van der Waals surface area contributed by atoms with Gasteiger partial charge in [-0.2, -0.15) is 0 Å². The number of carbonyl (C=O) groups excluding carboxylic acids is 1. The largest absolute Gasteiger partial charge is 0.417 e. The van der Waals surface area contributed by atoms with E-state index in [1.54, 1.807) is 18.2 Å². The van der Waals surface area contributed by atoms with Crippen molar-refractivity contribution >= 4 is 44.4 Å². The van der Waals surface area contributed by atoms with E-state index in [4.69, 9.17) is 4.42 Å². The fourth-order valence-corrected chi connectivity index (χ4v) is 2.23. The summed E-state index contributed by atoms with van der Waals surface area (Å²) in [7, 11) is 0. The van der Waals surface area contributed by atoms with Gasteiger partial charge in [0, 0.05) is 16.2 Å². The van der Waals surface area contributed by atoms with Gasteiger partial charge < -0.3 is 15.1 Å². The molecule has 0 radical (unpaired) electrons.